The summed E-state index contributed by atoms with van der Waals surface area (Å²) in [6.07, 6.45) is 1.65. The van der Waals surface area contributed by atoms with Crippen LogP contribution in [0, 0.1) is 10.1 Å². The van der Waals surface area contributed by atoms with Gasteiger partial charge in [0, 0.05) is 17.7 Å². The lowest BCUT2D eigenvalue weighted by atomic mass is 10.0. The lowest BCUT2D eigenvalue weighted by molar-refractivity contribution is -0.384. The molecule has 4 rings (SSSR count). The third-order valence-electron chi connectivity index (χ3n) is 5.16. The number of cyclic esters (lactones) is 1. The molecule has 1 aliphatic rings. The zero-order chi connectivity index (χ0) is 23.4. The van der Waals surface area contributed by atoms with E-state index in [9.17, 15) is 14.9 Å². The van der Waals surface area contributed by atoms with Crippen molar-refractivity contribution in [1.29, 1.82) is 0 Å². The summed E-state index contributed by atoms with van der Waals surface area (Å²) in [5.41, 5.74) is 3.74. The van der Waals surface area contributed by atoms with Gasteiger partial charge in [-0.2, -0.15) is 0 Å². The number of nitro groups is 1. The first-order valence-corrected chi connectivity index (χ1v) is 10.5. The molecule has 0 amide bonds. The number of hydrogen-bond donors (Lipinski definition) is 0. The molecule has 1 aliphatic heterocycles. The number of non-ortho nitro benzene ring substituents is 1. The van der Waals surface area contributed by atoms with Crippen LogP contribution in [-0.4, -0.2) is 16.8 Å². The topological polar surface area (TPSA) is 91.0 Å². The van der Waals surface area contributed by atoms with Crippen molar-refractivity contribution in [1.82, 2.24) is 0 Å². The van der Waals surface area contributed by atoms with E-state index >= 15 is 0 Å². The zero-order valence-electron chi connectivity index (χ0n) is 18.2. The second-order valence-electron chi connectivity index (χ2n) is 7.90. The molecule has 7 nitrogen and oxygen atoms in total. The number of nitro benzene ring substituents is 1. The fourth-order valence-corrected chi connectivity index (χ4v) is 3.28. The number of esters is 1. The SMILES string of the molecule is CC(C)c1ccc(C2=N/C(=C\c3cccc(OCc4ccc([N+](=O)[O-])cc4)c3)C(=O)O2)cc1. The Morgan fingerprint density at radius 3 is 2.45 bits per heavy atom. The van der Waals surface area contributed by atoms with E-state index < -0.39 is 10.9 Å². The minimum Gasteiger partial charge on any atom is -0.489 e. The number of rotatable bonds is 7. The Bertz CT molecular complexity index is 1240. The quantitative estimate of drug-likeness (QED) is 0.204. The van der Waals surface area contributed by atoms with Gasteiger partial charge in [-0.3, -0.25) is 10.1 Å². The Hall–Kier alpha value is -4.26. The Morgan fingerprint density at radius 1 is 1.06 bits per heavy atom. The first-order chi connectivity index (χ1) is 15.9. The maximum absolute atomic E-state index is 12.3. The molecule has 1 heterocycles. The molecule has 0 aliphatic carbocycles. The second kappa shape index (κ2) is 9.48. The third kappa shape index (κ3) is 5.33. The van der Waals surface area contributed by atoms with Crippen molar-refractivity contribution < 1.29 is 19.2 Å². The summed E-state index contributed by atoms with van der Waals surface area (Å²) in [5.74, 6) is 0.794. The highest BCUT2D eigenvalue weighted by Gasteiger charge is 2.24. The van der Waals surface area contributed by atoms with Gasteiger partial charge in [-0.05, 0) is 65.1 Å². The van der Waals surface area contributed by atoms with Crippen LogP contribution in [0.3, 0.4) is 0 Å². The first kappa shape index (κ1) is 22.0. The molecule has 0 saturated carbocycles. The molecule has 0 N–H and O–H groups in total. The Morgan fingerprint density at radius 2 is 1.79 bits per heavy atom. The van der Waals surface area contributed by atoms with Crippen LogP contribution in [0.2, 0.25) is 0 Å². The molecular weight excluding hydrogens is 420 g/mol. The number of nitrogens with zero attached hydrogens (tertiary/aromatic N) is 2. The lowest BCUT2D eigenvalue weighted by Gasteiger charge is -2.07. The molecule has 0 fully saturated rings. The van der Waals surface area contributed by atoms with Gasteiger partial charge in [-0.15, -0.1) is 0 Å². The van der Waals surface area contributed by atoms with E-state index in [2.05, 4.69) is 18.8 Å². The van der Waals surface area contributed by atoms with Gasteiger partial charge in [-0.25, -0.2) is 9.79 Å². The molecule has 0 saturated heterocycles. The van der Waals surface area contributed by atoms with E-state index in [1.165, 1.54) is 17.7 Å². The normalized spacial score (nSPS) is 14.3. The van der Waals surface area contributed by atoms with Crippen LogP contribution in [0.25, 0.3) is 6.08 Å². The highest BCUT2D eigenvalue weighted by atomic mass is 16.6. The highest BCUT2D eigenvalue weighted by molar-refractivity contribution is 6.12. The number of benzene rings is 3. The van der Waals surface area contributed by atoms with Gasteiger partial charge in [0.05, 0.1) is 4.92 Å². The van der Waals surface area contributed by atoms with Gasteiger partial charge in [0.25, 0.3) is 5.69 Å². The minimum absolute atomic E-state index is 0.0339. The number of hydrogen-bond acceptors (Lipinski definition) is 6. The van der Waals surface area contributed by atoms with E-state index in [0.29, 0.717) is 11.7 Å². The minimum atomic E-state index is -0.505. The largest absolute Gasteiger partial charge is 0.489 e. The zero-order valence-corrected chi connectivity index (χ0v) is 18.2. The van der Waals surface area contributed by atoms with Crippen molar-refractivity contribution in [2.75, 3.05) is 0 Å². The van der Waals surface area contributed by atoms with E-state index in [1.54, 1.807) is 30.3 Å². The Kier molecular flexibility index (Phi) is 6.31. The van der Waals surface area contributed by atoms with Crippen LogP contribution in [0.5, 0.6) is 5.75 Å². The molecule has 3 aromatic rings. The average molecular weight is 442 g/mol. The number of aliphatic imine (C=N–C) groups is 1. The van der Waals surface area contributed by atoms with Crippen LogP contribution in [0.15, 0.2) is 83.5 Å². The van der Waals surface area contributed by atoms with Crippen LogP contribution in [0.4, 0.5) is 5.69 Å². The van der Waals surface area contributed by atoms with E-state index in [0.717, 1.165) is 16.7 Å². The van der Waals surface area contributed by atoms with Crippen LogP contribution >= 0.6 is 0 Å². The van der Waals surface area contributed by atoms with Crippen molar-refractivity contribution in [3.05, 3.63) is 111 Å². The van der Waals surface area contributed by atoms with Crippen molar-refractivity contribution in [2.24, 2.45) is 4.99 Å². The van der Waals surface area contributed by atoms with Crippen LogP contribution in [0.1, 0.15) is 42.0 Å². The van der Waals surface area contributed by atoms with Gasteiger partial charge >= 0.3 is 5.97 Å². The van der Waals surface area contributed by atoms with E-state index in [-0.39, 0.29) is 23.9 Å². The average Bonchev–Trinajstić information content (AvgIpc) is 3.18. The summed E-state index contributed by atoms with van der Waals surface area (Å²) >= 11 is 0. The molecule has 3 aromatic carbocycles. The van der Waals surface area contributed by atoms with Crippen LogP contribution < -0.4 is 4.74 Å². The molecule has 0 spiro atoms. The monoisotopic (exact) mass is 442 g/mol. The fraction of sp³-hybridized carbons (Fsp3) is 0.154. The summed E-state index contributed by atoms with van der Waals surface area (Å²) in [4.78, 5) is 27.0. The molecule has 0 atom stereocenters. The van der Waals surface area contributed by atoms with Gasteiger partial charge in [0.1, 0.15) is 12.4 Å². The maximum Gasteiger partial charge on any atom is 0.363 e. The summed E-state index contributed by atoms with van der Waals surface area (Å²) in [5, 5.41) is 10.8. The van der Waals surface area contributed by atoms with Gasteiger partial charge in [0.15, 0.2) is 5.70 Å². The highest BCUT2D eigenvalue weighted by Crippen LogP contribution is 2.23. The summed E-state index contributed by atoms with van der Waals surface area (Å²) in [7, 11) is 0. The van der Waals surface area contributed by atoms with Crippen molar-refractivity contribution >= 4 is 23.6 Å². The summed E-state index contributed by atoms with van der Waals surface area (Å²) < 4.78 is 11.2. The predicted octanol–water partition coefficient (Wildman–Crippen LogP) is 5.64. The van der Waals surface area contributed by atoms with E-state index in [1.807, 2.05) is 36.4 Å². The Balaban J connectivity index is 1.46. The number of carbonyl (C=O) groups is 1. The molecule has 166 valence electrons. The molecular formula is C26H22N2O5. The molecule has 33 heavy (non-hydrogen) atoms. The maximum atomic E-state index is 12.3. The standard InChI is InChI=1S/C26H22N2O5/c1-17(2)20-8-10-21(11-9-20)25-27-24(26(29)33-25)15-19-4-3-5-23(14-19)32-16-18-6-12-22(13-7-18)28(30)31/h3-15,17H,16H2,1-2H3/b24-15-. The van der Waals surface area contributed by atoms with Gasteiger partial charge in [0.2, 0.25) is 5.90 Å². The van der Waals surface area contributed by atoms with Crippen molar-refractivity contribution in [3.63, 3.8) is 0 Å². The molecule has 0 unspecified atom stereocenters. The van der Waals surface area contributed by atoms with Crippen LogP contribution in [-0.2, 0) is 16.1 Å². The fourth-order valence-electron chi connectivity index (χ4n) is 3.28. The van der Waals surface area contributed by atoms with Gasteiger partial charge in [-0.1, -0.05) is 38.1 Å². The second-order valence-corrected chi connectivity index (χ2v) is 7.90. The van der Waals surface area contributed by atoms with Crippen molar-refractivity contribution in [2.45, 2.75) is 26.4 Å². The number of ether oxygens (including phenoxy) is 2. The van der Waals surface area contributed by atoms with Crippen molar-refractivity contribution in [3.8, 4) is 5.75 Å². The third-order valence-corrected chi connectivity index (χ3v) is 5.16. The molecule has 0 radical (unpaired) electrons. The van der Waals surface area contributed by atoms with Gasteiger partial charge < -0.3 is 9.47 Å². The molecule has 7 heteroatoms. The smallest absolute Gasteiger partial charge is 0.363 e. The first-order valence-electron chi connectivity index (χ1n) is 10.5. The lowest BCUT2D eigenvalue weighted by Crippen LogP contribution is -2.05. The molecule has 0 aromatic heterocycles. The predicted molar refractivity (Wildman–Crippen MR) is 125 cm³/mol. The number of carbonyl (C=O) groups excluding carboxylic acids is 1. The van der Waals surface area contributed by atoms with E-state index in [4.69, 9.17) is 9.47 Å². The Labute approximate surface area is 191 Å². The molecule has 0 bridgehead atoms. The summed E-state index contributed by atoms with van der Waals surface area (Å²) in [6, 6.07) is 21.2. The summed E-state index contributed by atoms with van der Waals surface area (Å²) in [6.45, 7) is 4.49.